The molecule has 1 heterocycles. The summed E-state index contributed by atoms with van der Waals surface area (Å²) in [6.45, 7) is 9.57. The van der Waals surface area contributed by atoms with Crippen LogP contribution in [0, 0.1) is 5.92 Å². The molecule has 0 saturated carbocycles. The molecule has 1 aliphatic heterocycles. The lowest BCUT2D eigenvalue weighted by Gasteiger charge is -2.34. The fraction of sp³-hybridized carbons (Fsp3) is 0.619. The highest BCUT2D eigenvalue weighted by atomic mass is 16.3. The van der Waals surface area contributed by atoms with Crippen LogP contribution in [-0.4, -0.2) is 41.0 Å². The van der Waals surface area contributed by atoms with Crippen molar-refractivity contribution in [2.75, 3.05) is 13.1 Å². The number of benzene rings is 1. The smallest absolute Gasteiger partial charge is 0.255 e. The Morgan fingerprint density at radius 3 is 2.35 bits per heavy atom. The number of phenols is 1. The average molecular weight is 360 g/mol. The molecule has 1 aromatic carbocycles. The van der Waals surface area contributed by atoms with Crippen LogP contribution in [0.4, 0.5) is 0 Å². The number of carbonyl (C=O) groups excluding carboxylic acids is 2. The zero-order chi connectivity index (χ0) is 19.3. The van der Waals surface area contributed by atoms with E-state index >= 15 is 0 Å². The lowest BCUT2D eigenvalue weighted by Crippen LogP contribution is -2.48. The molecule has 1 saturated heterocycles. The van der Waals surface area contributed by atoms with Crippen molar-refractivity contribution in [3.8, 4) is 5.75 Å². The summed E-state index contributed by atoms with van der Waals surface area (Å²) in [5.74, 6) is 0.406. The maximum absolute atomic E-state index is 12.6. The van der Waals surface area contributed by atoms with Crippen molar-refractivity contribution in [2.45, 2.75) is 65.3 Å². The van der Waals surface area contributed by atoms with Gasteiger partial charge in [-0.1, -0.05) is 33.8 Å². The summed E-state index contributed by atoms with van der Waals surface area (Å²) in [7, 11) is 0. The zero-order valence-corrected chi connectivity index (χ0v) is 16.4. The Hall–Kier alpha value is -2.04. The number of phenolic OH excluding ortho intramolecular Hbond substituents is 1. The minimum Gasteiger partial charge on any atom is -0.507 e. The molecular formula is C21H32N2O3. The van der Waals surface area contributed by atoms with Crippen LogP contribution >= 0.6 is 0 Å². The molecule has 26 heavy (non-hydrogen) atoms. The highest BCUT2D eigenvalue weighted by molar-refractivity contribution is 5.97. The highest BCUT2D eigenvalue weighted by Gasteiger charge is 2.27. The number of amides is 2. The van der Waals surface area contributed by atoms with Crippen LogP contribution < -0.4 is 5.32 Å². The van der Waals surface area contributed by atoms with Gasteiger partial charge in [0.1, 0.15) is 5.75 Å². The van der Waals surface area contributed by atoms with Crippen LogP contribution in [0.2, 0.25) is 0 Å². The molecule has 2 rings (SSSR count). The number of likely N-dealkylation sites (tertiary alicyclic amines) is 1. The third-order valence-corrected chi connectivity index (χ3v) is 5.41. The van der Waals surface area contributed by atoms with E-state index in [1.165, 1.54) is 0 Å². The minimum absolute atomic E-state index is 0.00764. The van der Waals surface area contributed by atoms with Gasteiger partial charge in [-0.05, 0) is 49.3 Å². The van der Waals surface area contributed by atoms with E-state index in [0.717, 1.165) is 31.2 Å². The maximum Gasteiger partial charge on any atom is 0.255 e. The second-order valence-corrected chi connectivity index (χ2v) is 7.52. The summed E-state index contributed by atoms with van der Waals surface area (Å²) in [6, 6.07) is 5.23. The van der Waals surface area contributed by atoms with E-state index in [4.69, 9.17) is 0 Å². The van der Waals surface area contributed by atoms with Crippen LogP contribution in [0.15, 0.2) is 18.2 Å². The lowest BCUT2D eigenvalue weighted by molar-refractivity contribution is -0.136. The van der Waals surface area contributed by atoms with Gasteiger partial charge in [-0.3, -0.25) is 9.59 Å². The Kier molecular flexibility index (Phi) is 7.06. The summed E-state index contributed by atoms with van der Waals surface area (Å²) in [5, 5.41) is 13.1. The molecule has 0 bridgehead atoms. The van der Waals surface area contributed by atoms with E-state index in [9.17, 15) is 14.7 Å². The van der Waals surface area contributed by atoms with Gasteiger partial charge in [0.05, 0.1) is 5.56 Å². The molecule has 5 heteroatoms. The Morgan fingerprint density at radius 2 is 1.81 bits per heavy atom. The predicted octanol–water partition coefficient (Wildman–Crippen LogP) is 3.67. The molecule has 0 atom stereocenters. The quantitative estimate of drug-likeness (QED) is 0.813. The van der Waals surface area contributed by atoms with Crippen molar-refractivity contribution in [2.24, 2.45) is 5.92 Å². The van der Waals surface area contributed by atoms with Gasteiger partial charge < -0.3 is 15.3 Å². The van der Waals surface area contributed by atoms with Crippen LogP contribution in [0.1, 0.15) is 75.2 Å². The summed E-state index contributed by atoms with van der Waals surface area (Å²) < 4.78 is 0. The molecule has 1 aromatic rings. The molecule has 1 aliphatic rings. The van der Waals surface area contributed by atoms with E-state index in [-0.39, 0.29) is 29.5 Å². The normalized spacial score (nSPS) is 15.5. The molecule has 5 nitrogen and oxygen atoms in total. The first kappa shape index (κ1) is 20.3. The third-order valence-electron chi connectivity index (χ3n) is 5.41. The highest BCUT2D eigenvalue weighted by Crippen LogP contribution is 2.24. The average Bonchev–Trinajstić information content (AvgIpc) is 2.63. The molecule has 0 unspecified atom stereocenters. The number of carbonyl (C=O) groups is 2. The van der Waals surface area contributed by atoms with E-state index in [1.807, 2.05) is 11.0 Å². The molecular weight excluding hydrogens is 328 g/mol. The Balaban J connectivity index is 1.94. The Bertz CT molecular complexity index is 630. The zero-order valence-electron chi connectivity index (χ0n) is 16.4. The fourth-order valence-corrected chi connectivity index (χ4v) is 3.50. The van der Waals surface area contributed by atoms with Crippen LogP contribution in [0.5, 0.6) is 5.75 Å². The van der Waals surface area contributed by atoms with Gasteiger partial charge >= 0.3 is 0 Å². The minimum atomic E-state index is -0.241. The molecule has 144 valence electrons. The monoisotopic (exact) mass is 360 g/mol. The van der Waals surface area contributed by atoms with Gasteiger partial charge in [0.2, 0.25) is 5.91 Å². The topological polar surface area (TPSA) is 69.6 Å². The van der Waals surface area contributed by atoms with Crippen molar-refractivity contribution in [3.05, 3.63) is 29.3 Å². The van der Waals surface area contributed by atoms with Gasteiger partial charge in [0.25, 0.3) is 5.91 Å². The van der Waals surface area contributed by atoms with Crippen molar-refractivity contribution < 1.29 is 14.7 Å². The molecule has 0 aromatic heterocycles. The van der Waals surface area contributed by atoms with E-state index in [1.54, 1.807) is 12.1 Å². The van der Waals surface area contributed by atoms with Crippen molar-refractivity contribution in [1.82, 2.24) is 10.2 Å². The van der Waals surface area contributed by atoms with E-state index < -0.39 is 0 Å². The van der Waals surface area contributed by atoms with Crippen LogP contribution in [0.3, 0.4) is 0 Å². The Labute approximate surface area is 156 Å². The molecule has 0 aliphatic carbocycles. The number of nitrogens with one attached hydrogen (secondary N) is 1. The lowest BCUT2D eigenvalue weighted by atomic mass is 9.97. The molecule has 2 N–H and O–H groups in total. The Morgan fingerprint density at radius 1 is 1.19 bits per heavy atom. The number of rotatable bonds is 6. The van der Waals surface area contributed by atoms with Gasteiger partial charge in [0.15, 0.2) is 0 Å². The van der Waals surface area contributed by atoms with E-state index in [2.05, 4.69) is 33.0 Å². The second kappa shape index (κ2) is 9.06. The van der Waals surface area contributed by atoms with Crippen molar-refractivity contribution in [3.63, 3.8) is 0 Å². The van der Waals surface area contributed by atoms with Gasteiger partial charge in [-0.2, -0.15) is 0 Å². The summed E-state index contributed by atoms with van der Waals surface area (Å²) in [6.07, 6.45) is 3.25. The number of nitrogens with zero attached hydrogens (tertiary/aromatic N) is 1. The van der Waals surface area contributed by atoms with E-state index in [0.29, 0.717) is 24.6 Å². The van der Waals surface area contributed by atoms with Crippen LogP contribution in [-0.2, 0) is 4.79 Å². The molecule has 0 radical (unpaired) electrons. The first-order valence-corrected chi connectivity index (χ1v) is 9.79. The van der Waals surface area contributed by atoms with Crippen molar-refractivity contribution >= 4 is 11.8 Å². The fourth-order valence-electron chi connectivity index (χ4n) is 3.50. The molecule has 2 amide bonds. The predicted molar refractivity (Wildman–Crippen MR) is 103 cm³/mol. The first-order chi connectivity index (χ1) is 12.4. The summed E-state index contributed by atoms with van der Waals surface area (Å²) in [4.78, 5) is 27.0. The SMILES string of the molecule is CCC(CC)C(=O)N1CCC(NC(=O)c2cc(C(C)C)ccc2O)CC1. The van der Waals surface area contributed by atoms with Crippen LogP contribution in [0.25, 0.3) is 0 Å². The van der Waals surface area contributed by atoms with Gasteiger partial charge in [-0.15, -0.1) is 0 Å². The molecule has 0 spiro atoms. The standard InChI is InChI=1S/C21H32N2O3/c1-5-15(6-2)21(26)23-11-9-17(10-12-23)22-20(25)18-13-16(14(3)4)7-8-19(18)24/h7-8,13-15,17,24H,5-6,9-12H2,1-4H3,(H,22,25). The molecule has 1 fully saturated rings. The second-order valence-electron chi connectivity index (χ2n) is 7.52. The number of piperidine rings is 1. The summed E-state index contributed by atoms with van der Waals surface area (Å²) in [5.41, 5.74) is 1.35. The number of hydrogen-bond acceptors (Lipinski definition) is 3. The maximum atomic E-state index is 12.6. The number of aromatic hydroxyl groups is 1. The van der Waals surface area contributed by atoms with Crippen molar-refractivity contribution in [1.29, 1.82) is 0 Å². The summed E-state index contributed by atoms with van der Waals surface area (Å²) >= 11 is 0. The third kappa shape index (κ3) is 4.77. The van der Waals surface area contributed by atoms with Gasteiger partial charge in [0, 0.05) is 25.0 Å². The first-order valence-electron chi connectivity index (χ1n) is 9.79. The van der Waals surface area contributed by atoms with Gasteiger partial charge in [-0.25, -0.2) is 0 Å². The largest absolute Gasteiger partial charge is 0.507 e. The number of hydrogen-bond donors (Lipinski definition) is 2.